The van der Waals surface area contributed by atoms with Gasteiger partial charge in [-0.15, -0.1) is 0 Å². The molecule has 3 unspecified atom stereocenters. The molecule has 20 heavy (non-hydrogen) atoms. The van der Waals surface area contributed by atoms with E-state index in [4.69, 9.17) is 0 Å². The van der Waals surface area contributed by atoms with Crippen LogP contribution in [0, 0.1) is 17.8 Å². The largest absolute Gasteiger partial charge is 0.477 e. The summed E-state index contributed by atoms with van der Waals surface area (Å²) in [5, 5.41) is 10.5. The van der Waals surface area contributed by atoms with Crippen molar-refractivity contribution in [3.63, 3.8) is 0 Å². The Morgan fingerprint density at radius 2 is 2.10 bits per heavy atom. The van der Waals surface area contributed by atoms with Crippen LogP contribution in [0.1, 0.15) is 36.2 Å². The summed E-state index contributed by atoms with van der Waals surface area (Å²) in [7, 11) is 0. The molecule has 0 amide bonds. The van der Waals surface area contributed by atoms with Crippen LogP contribution in [-0.2, 0) is 6.54 Å². The third-order valence-electron chi connectivity index (χ3n) is 5.33. The number of hydrogen-bond acceptors (Lipinski definition) is 1. The fraction of sp³-hybridized carbons (Fsp3) is 0.471. The monoisotopic (exact) mass is 269 g/mol. The maximum absolute atomic E-state index is 11.5. The van der Waals surface area contributed by atoms with Gasteiger partial charge in [0.15, 0.2) is 0 Å². The summed E-state index contributed by atoms with van der Waals surface area (Å²) in [6.07, 6.45) is 5.39. The number of carboxylic acids is 1. The van der Waals surface area contributed by atoms with E-state index < -0.39 is 5.97 Å². The molecule has 0 spiro atoms. The molecule has 3 heteroatoms. The van der Waals surface area contributed by atoms with Crippen molar-refractivity contribution in [1.29, 1.82) is 0 Å². The van der Waals surface area contributed by atoms with E-state index in [2.05, 4.69) is 0 Å². The molecule has 4 rings (SSSR count). The van der Waals surface area contributed by atoms with Crippen LogP contribution in [0.25, 0.3) is 10.9 Å². The summed E-state index contributed by atoms with van der Waals surface area (Å²) in [5.74, 6) is 1.58. The molecule has 0 aliphatic heterocycles. The van der Waals surface area contributed by atoms with E-state index >= 15 is 0 Å². The van der Waals surface area contributed by atoms with E-state index in [1.165, 1.54) is 25.7 Å². The first-order chi connectivity index (χ1) is 9.72. The predicted molar refractivity (Wildman–Crippen MR) is 77.8 cm³/mol. The fourth-order valence-corrected chi connectivity index (χ4v) is 4.42. The smallest absolute Gasteiger partial charge is 0.352 e. The lowest BCUT2D eigenvalue weighted by atomic mass is 9.89. The molecule has 3 atom stereocenters. The Morgan fingerprint density at radius 3 is 2.80 bits per heavy atom. The van der Waals surface area contributed by atoms with Crippen LogP contribution in [0.5, 0.6) is 0 Å². The number of carbonyl (C=O) groups is 1. The summed E-state index contributed by atoms with van der Waals surface area (Å²) in [5.41, 5.74) is 1.50. The van der Waals surface area contributed by atoms with E-state index in [0.29, 0.717) is 11.6 Å². The van der Waals surface area contributed by atoms with Crippen molar-refractivity contribution < 1.29 is 9.90 Å². The van der Waals surface area contributed by atoms with Crippen molar-refractivity contribution in [2.75, 3.05) is 0 Å². The molecule has 2 saturated carbocycles. The summed E-state index contributed by atoms with van der Waals surface area (Å²) in [4.78, 5) is 11.5. The Morgan fingerprint density at radius 1 is 1.25 bits per heavy atom. The molecule has 2 aliphatic carbocycles. The van der Waals surface area contributed by atoms with Crippen LogP contribution in [0.4, 0.5) is 0 Å². The molecular weight excluding hydrogens is 250 g/mol. The van der Waals surface area contributed by atoms with Gasteiger partial charge in [0, 0.05) is 17.4 Å². The Hall–Kier alpha value is -1.77. The molecule has 2 aromatic rings. The fourth-order valence-electron chi connectivity index (χ4n) is 4.42. The van der Waals surface area contributed by atoms with E-state index in [9.17, 15) is 9.90 Å². The van der Waals surface area contributed by atoms with Crippen molar-refractivity contribution in [3.8, 4) is 0 Å². The quantitative estimate of drug-likeness (QED) is 0.921. The van der Waals surface area contributed by atoms with Gasteiger partial charge in [-0.05, 0) is 49.1 Å². The number of aromatic carboxylic acids is 1. The third kappa shape index (κ3) is 1.76. The van der Waals surface area contributed by atoms with Crippen molar-refractivity contribution in [3.05, 3.63) is 36.0 Å². The summed E-state index contributed by atoms with van der Waals surface area (Å²) in [6.45, 7) is 0.871. The second-order valence-corrected chi connectivity index (χ2v) is 6.44. The van der Waals surface area contributed by atoms with Gasteiger partial charge in [0.05, 0.1) is 0 Å². The number of aromatic nitrogens is 1. The number of para-hydroxylation sites is 1. The van der Waals surface area contributed by atoms with E-state index in [1.54, 1.807) is 0 Å². The molecule has 2 fully saturated rings. The molecule has 1 heterocycles. The van der Waals surface area contributed by atoms with Crippen LogP contribution in [-0.4, -0.2) is 15.6 Å². The first kappa shape index (κ1) is 12.0. The van der Waals surface area contributed by atoms with Gasteiger partial charge in [-0.25, -0.2) is 4.79 Å². The standard InChI is InChI=1S/C17H19NO2/c19-17(20)16-9-13-3-1-2-4-15(13)18(16)10-14-8-11-5-6-12(14)7-11/h1-4,9,11-12,14H,5-8,10H2,(H,19,20). The molecule has 0 saturated heterocycles. The molecule has 1 N–H and O–H groups in total. The zero-order valence-electron chi connectivity index (χ0n) is 11.5. The summed E-state index contributed by atoms with van der Waals surface area (Å²) in [6, 6.07) is 9.81. The highest BCUT2D eigenvalue weighted by Gasteiger charge is 2.39. The number of benzene rings is 1. The first-order valence-corrected chi connectivity index (χ1v) is 7.54. The van der Waals surface area contributed by atoms with Crippen LogP contribution < -0.4 is 0 Å². The summed E-state index contributed by atoms with van der Waals surface area (Å²) < 4.78 is 2.03. The lowest BCUT2D eigenvalue weighted by Crippen LogP contribution is -2.19. The number of carboxylic acid groups (broad SMARTS) is 1. The van der Waals surface area contributed by atoms with Crippen LogP contribution in [0.15, 0.2) is 30.3 Å². The lowest BCUT2D eigenvalue weighted by molar-refractivity contribution is 0.0683. The van der Waals surface area contributed by atoms with Crippen LogP contribution in [0.3, 0.4) is 0 Å². The lowest BCUT2D eigenvalue weighted by Gasteiger charge is -2.23. The Kier molecular flexibility index (Phi) is 2.62. The summed E-state index contributed by atoms with van der Waals surface area (Å²) >= 11 is 0. The maximum Gasteiger partial charge on any atom is 0.352 e. The second kappa shape index (κ2) is 4.37. The van der Waals surface area contributed by atoms with Gasteiger partial charge in [-0.1, -0.05) is 24.6 Å². The van der Waals surface area contributed by atoms with Gasteiger partial charge in [0.1, 0.15) is 5.69 Å². The molecule has 3 nitrogen and oxygen atoms in total. The van der Waals surface area contributed by atoms with Crippen molar-refractivity contribution >= 4 is 16.9 Å². The molecule has 1 aromatic carbocycles. The van der Waals surface area contributed by atoms with Gasteiger partial charge in [0.25, 0.3) is 0 Å². The number of rotatable bonds is 3. The van der Waals surface area contributed by atoms with Gasteiger partial charge in [-0.3, -0.25) is 0 Å². The Labute approximate surface area is 118 Å². The molecule has 1 aromatic heterocycles. The molecule has 0 radical (unpaired) electrons. The number of nitrogens with zero attached hydrogens (tertiary/aromatic N) is 1. The van der Waals surface area contributed by atoms with Crippen molar-refractivity contribution in [2.45, 2.75) is 32.2 Å². The minimum Gasteiger partial charge on any atom is -0.477 e. The van der Waals surface area contributed by atoms with E-state index in [1.807, 2.05) is 34.9 Å². The Bertz CT molecular complexity index is 673. The average molecular weight is 269 g/mol. The van der Waals surface area contributed by atoms with Gasteiger partial charge in [-0.2, -0.15) is 0 Å². The van der Waals surface area contributed by atoms with Gasteiger partial charge < -0.3 is 9.67 Å². The zero-order valence-corrected chi connectivity index (χ0v) is 11.5. The highest BCUT2D eigenvalue weighted by molar-refractivity contribution is 5.94. The van der Waals surface area contributed by atoms with Crippen molar-refractivity contribution in [2.24, 2.45) is 17.8 Å². The molecule has 104 valence electrons. The Balaban J connectivity index is 1.74. The normalized spacial score (nSPS) is 28.3. The molecule has 2 bridgehead atoms. The maximum atomic E-state index is 11.5. The first-order valence-electron chi connectivity index (χ1n) is 7.54. The minimum atomic E-state index is -0.815. The second-order valence-electron chi connectivity index (χ2n) is 6.44. The zero-order chi connectivity index (χ0) is 13.7. The van der Waals surface area contributed by atoms with Crippen LogP contribution >= 0.6 is 0 Å². The van der Waals surface area contributed by atoms with Crippen molar-refractivity contribution in [1.82, 2.24) is 4.57 Å². The third-order valence-corrected chi connectivity index (χ3v) is 5.33. The molecular formula is C17H19NO2. The van der Waals surface area contributed by atoms with Crippen LogP contribution in [0.2, 0.25) is 0 Å². The average Bonchev–Trinajstić information content (AvgIpc) is 3.13. The molecule has 2 aliphatic rings. The van der Waals surface area contributed by atoms with Gasteiger partial charge >= 0.3 is 5.97 Å². The number of fused-ring (bicyclic) bond motifs is 3. The van der Waals surface area contributed by atoms with E-state index in [-0.39, 0.29) is 0 Å². The minimum absolute atomic E-state index is 0.439. The highest BCUT2D eigenvalue weighted by Crippen LogP contribution is 2.49. The SMILES string of the molecule is O=C(O)c1cc2ccccc2n1CC1CC2CCC1C2. The predicted octanol–water partition coefficient (Wildman–Crippen LogP) is 3.78. The van der Waals surface area contributed by atoms with E-state index in [0.717, 1.165) is 29.3 Å². The number of hydrogen-bond donors (Lipinski definition) is 1. The topological polar surface area (TPSA) is 42.2 Å². The highest BCUT2D eigenvalue weighted by atomic mass is 16.4. The van der Waals surface area contributed by atoms with Gasteiger partial charge in [0.2, 0.25) is 0 Å².